The third-order valence-electron chi connectivity index (χ3n) is 3.30. The Morgan fingerprint density at radius 2 is 2.32 bits per heavy atom. The summed E-state index contributed by atoms with van der Waals surface area (Å²) in [5.41, 5.74) is 14.0. The van der Waals surface area contributed by atoms with E-state index < -0.39 is 0 Å². The van der Waals surface area contributed by atoms with Crippen LogP contribution in [0.3, 0.4) is 0 Å². The molecule has 2 aromatic heterocycles. The molecule has 1 aliphatic rings. The van der Waals surface area contributed by atoms with E-state index in [0.29, 0.717) is 5.95 Å². The predicted octanol–water partition coefficient (Wildman–Crippen LogP) is 1.25. The van der Waals surface area contributed by atoms with E-state index in [1.54, 1.807) is 11.3 Å². The average Bonchev–Trinajstić information content (AvgIpc) is 3.00. The molecule has 100 valence electrons. The second-order valence-electron chi connectivity index (χ2n) is 4.88. The van der Waals surface area contributed by atoms with Crippen LogP contribution in [0, 0.1) is 0 Å². The second kappa shape index (κ2) is 5.14. The van der Waals surface area contributed by atoms with Crippen molar-refractivity contribution >= 4 is 23.1 Å². The molecule has 0 aliphatic carbocycles. The molecule has 0 saturated carbocycles. The minimum Gasteiger partial charge on any atom is -0.368 e. The fourth-order valence-electron chi connectivity index (χ4n) is 2.35. The van der Waals surface area contributed by atoms with E-state index in [-0.39, 0.29) is 6.04 Å². The first-order valence-corrected chi connectivity index (χ1v) is 7.30. The van der Waals surface area contributed by atoms with Gasteiger partial charge in [-0.25, -0.2) is 4.98 Å². The molecule has 4 N–H and O–H groups in total. The lowest BCUT2D eigenvalue weighted by Crippen LogP contribution is -2.27. The highest BCUT2D eigenvalue weighted by atomic mass is 32.1. The maximum Gasteiger partial charge on any atom is 0.222 e. The Labute approximate surface area is 116 Å². The maximum atomic E-state index is 5.93. The van der Waals surface area contributed by atoms with Crippen LogP contribution in [-0.4, -0.2) is 29.1 Å². The van der Waals surface area contributed by atoms with Crippen LogP contribution < -0.4 is 16.4 Å². The van der Waals surface area contributed by atoms with Gasteiger partial charge >= 0.3 is 0 Å². The monoisotopic (exact) mass is 275 g/mol. The first-order chi connectivity index (χ1) is 9.20. The normalized spacial score (nSPS) is 19.0. The van der Waals surface area contributed by atoms with Crippen molar-refractivity contribution in [2.75, 3.05) is 23.7 Å². The molecular weight excluding hydrogens is 258 g/mol. The summed E-state index contributed by atoms with van der Waals surface area (Å²) in [4.78, 5) is 10.8. The van der Waals surface area contributed by atoms with Crippen LogP contribution in [0.5, 0.6) is 0 Å². The van der Waals surface area contributed by atoms with E-state index in [1.807, 2.05) is 6.07 Å². The van der Waals surface area contributed by atoms with Crippen LogP contribution in [0.25, 0.3) is 0 Å². The fraction of sp³-hybridized carbons (Fsp3) is 0.385. The van der Waals surface area contributed by atoms with Gasteiger partial charge in [0.2, 0.25) is 5.95 Å². The molecule has 19 heavy (non-hydrogen) atoms. The third-order valence-corrected chi connectivity index (χ3v) is 4.03. The van der Waals surface area contributed by atoms with E-state index in [9.17, 15) is 0 Å². The van der Waals surface area contributed by atoms with Crippen molar-refractivity contribution in [2.45, 2.75) is 18.9 Å². The quantitative estimate of drug-likeness (QED) is 0.881. The molecule has 3 heterocycles. The number of nitrogen functional groups attached to an aromatic ring is 1. The van der Waals surface area contributed by atoms with Gasteiger partial charge in [0.1, 0.15) is 5.82 Å². The highest BCUT2D eigenvalue weighted by Gasteiger charge is 2.21. The van der Waals surface area contributed by atoms with Crippen LogP contribution in [0.1, 0.15) is 17.7 Å². The van der Waals surface area contributed by atoms with Crippen LogP contribution in [0.4, 0.5) is 11.8 Å². The molecule has 1 atom stereocenters. The Hall–Kier alpha value is -1.66. The molecular formula is C13H17N5S. The van der Waals surface area contributed by atoms with Crippen molar-refractivity contribution < 1.29 is 0 Å². The van der Waals surface area contributed by atoms with Crippen LogP contribution >= 0.6 is 11.3 Å². The molecule has 0 radical (unpaired) electrons. The van der Waals surface area contributed by atoms with Gasteiger partial charge in [-0.15, -0.1) is 0 Å². The van der Waals surface area contributed by atoms with Crippen LogP contribution in [0.2, 0.25) is 0 Å². The molecule has 0 spiro atoms. The summed E-state index contributed by atoms with van der Waals surface area (Å²) in [7, 11) is 0. The average molecular weight is 275 g/mol. The topological polar surface area (TPSA) is 81.1 Å². The summed E-state index contributed by atoms with van der Waals surface area (Å²) in [6, 6.07) is 4.36. The Bertz CT molecular complexity index is 554. The van der Waals surface area contributed by atoms with Gasteiger partial charge in [0.15, 0.2) is 0 Å². The van der Waals surface area contributed by atoms with E-state index >= 15 is 0 Å². The Balaban J connectivity index is 1.83. The van der Waals surface area contributed by atoms with Crippen molar-refractivity contribution in [1.82, 2.24) is 9.97 Å². The van der Waals surface area contributed by atoms with E-state index in [0.717, 1.165) is 37.4 Å². The van der Waals surface area contributed by atoms with Gasteiger partial charge in [-0.3, -0.25) is 0 Å². The summed E-state index contributed by atoms with van der Waals surface area (Å²) >= 11 is 1.69. The van der Waals surface area contributed by atoms with E-state index in [4.69, 9.17) is 11.5 Å². The lowest BCUT2D eigenvalue weighted by Gasteiger charge is -2.17. The minimum absolute atomic E-state index is 0.233. The van der Waals surface area contributed by atoms with Gasteiger partial charge in [-0.2, -0.15) is 16.3 Å². The number of hydrogen-bond acceptors (Lipinski definition) is 6. The van der Waals surface area contributed by atoms with Gasteiger partial charge < -0.3 is 16.4 Å². The smallest absolute Gasteiger partial charge is 0.222 e. The standard InChI is InChI=1S/C13H17N5S/c14-10-1-3-18(7-10)12-6-11(16-13(15)17-12)5-9-2-4-19-8-9/h2,4,6,8,10H,1,3,5,7,14H2,(H2,15,16,17)/t10-/m1/s1. The zero-order valence-corrected chi connectivity index (χ0v) is 11.4. The first-order valence-electron chi connectivity index (χ1n) is 6.36. The van der Waals surface area contributed by atoms with Crippen molar-refractivity contribution in [3.05, 3.63) is 34.2 Å². The number of nitrogens with two attached hydrogens (primary N) is 2. The van der Waals surface area contributed by atoms with Gasteiger partial charge in [0.25, 0.3) is 0 Å². The molecule has 2 aromatic rings. The van der Waals surface area contributed by atoms with Crippen molar-refractivity contribution in [3.8, 4) is 0 Å². The molecule has 1 aliphatic heterocycles. The van der Waals surface area contributed by atoms with Crippen LogP contribution in [0.15, 0.2) is 22.9 Å². The van der Waals surface area contributed by atoms with Gasteiger partial charge in [-0.05, 0) is 28.8 Å². The molecule has 5 nitrogen and oxygen atoms in total. The second-order valence-corrected chi connectivity index (χ2v) is 5.66. The van der Waals surface area contributed by atoms with Crippen molar-refractivity contribution in [2.24, 2.45) is 5.73 Å². The Kier molecular flexibility index (Phi) is 3.35. The highest BCUT2D eigenvalue weighted by molar-refractivity contribution is 7.07. The number of hydrogen-bond donors (Lipinski definition) is 2. The van der Waals surface area contributed by atoms with E-state index in [1.165, 1.54) is 5.56 Å². The fourth-order valence-corrected chi connectivity index (χ4v) is 3.02. The van der Waals surface area contributed by atoms with Crippen molar-refractivity contribution in [1.29, 1.82) is 0 Å². The van der Waals surface area contributed by atoms with Gasteiger partial charge in [0, 0.05) is 31.6 Å². The number of rotatable bonds is 3. The molecule has 0 bridgehead atoms. The minimum atomic E-state index is 0.233. The summed E-state index contributed by atoms with van der Waals surface area (Å²) < 4.78 is 0. The zero-order chi connectivity index (χ0) is 13.2. The Morgan fingerprint density at radius 3 is 3.00 bits per heavy atom. The van der Waals surface area contributed by atoms with Crippen LogP contribution in [-0.2, 0) is 6.42 Å². The zero-order valence-electron chi connectivity index (χ0n) is 10.6. The van der Waals surface area contributed by atoms with Gasteiger partial charge in [-0.1, -0.05) is 0 Å². The number of thiophene rings is 1. The summed E-state index contributed by atoms with van der Waals surface area (Å²) in [6.07, 6.45) is 1.80. The lowest BCUT2D eigenvalue weighted by atomic mass is 10.2. The number of nitrogens with zero attached hydrogens (tertiary/aromatic N) is 3. The summed E-state index contributed by atoms with van der Waals surface area (Å²) in [5, 5.41) is 4.20. The van der Waals surface area contributed by atoms with E-state index in [2.05, 4.69) is 31.7 Å². The molecule has 0 amide bonds. The number of anilines is 2. The highest BCUT2D eigenvalue weighted by Crippen LogP contribution is 2.20. The molecule has 0 aromatic carbocycles. The number of aromatic nitrogens is 2. The lowest BCUT2D eigenvalue weighted by molar-refractivity contribution is 0.751. The predicted molar refractivity (Wildman–Crippen MR) is 78.4 cm³/mol. The SMILES string of the molecule is Nc1nc(Cc2ccsc2)cc(N2CC[C@@H](N)C2)n1. The molecule has 6 heteroatoms. The first kappa shape index (κ1) is 12.4. The maximum absolute atomic E-state index is 5.93. The van der Waals surface area contributed by atoms with Crippen molar-refractivity contribution in [3.63, 3.8) is 0 Å². The molecule has 1 fully saturated rings. The molecule has 3 rings (SSSR count). The molecule has 1 saturated heterocycles. The summed E-state index contributed by atoms with van der Waals surface area (Å²) in [6.45, 7) is 1.78. The van der Waals surface area contributed by atoms with Gasteiger partial charge in [0.05, 0.1) is 5.69 Å². The third kappa shape index (κ3) is 2.85. The largest absolute Gasteiger partial charge is 0.368 e. The molecule has 0 unspecified atom stereocenters. The summed E-state index contributed by atoms with van der Waals surface area (Å²) in [5.74, 6) is 1.23. The Morgan fingerprint density at radius 1 is 1.42 bits per heavy atom.